The maximum Gasteiger partial charge on any atom is 0.367 e. The summed E-state index contributed by atoms with van der Waals surface area (Å²) in [6.07, 6.45) is 0.0880. The number of hydrogen-bond acceptors (Lipinski definition) is 6. The predicted octanol–water partition coefficient (Wildman–Crippen LogP) is 5.39. The van der Waals surface area contributed by atoms with E-state index < -0.39 is 7.60 Å². The van der Waals surface area contributed by atoms with Crippen molar-refractivity contribution >= 4 is 30.8 Å². The average molecular weight is 463 g/mol. The average Bonchev–Trinajstić information content (AvgIpc) is 2.64. The van der Waals surface area contributed by atoms with Crippen molar-refractivity contribution in [3.8, 4) is 5.75 Å². The summed E-state index contributed by atoms with van der Waals surface area (Å²) >= 11 is 12.8. The quantitative estimate of drug-likeness (QED) is 0.475. The minimum absolute atomic E-state index is 0.0635. The largest absolute Gasteiger partial charge is 0.481 e. The van der Waals surface area contributed by atoms with Crippen LogP contribution in [0.3, 0.4) is 0 Å². The van der Waals surface area contributed by atoms with Crippen molar-refractivity contribution in [1.29, 1.82) is 0 Å². The molecule has 1 aromatic heterocycles. The monoisotopic (exact) mass is 462 g/mol. The van der Waals surface area contributed by atoms with E-state index >= 15 is 0 Å². The van der Waals surface area contributed by atoms with Crippen LogP contribution in [0, 0.1) is 0 Å². The molecule has 10 heteroatoms. The molecule has 1 heterocycles. The van der Waals surface area contributed by atoms with Crippen LogP contribution in [0.5, 0.6) is 5.75 Å². The zero-order valence-corrected chi connectivity index (χ0v) is 19.2. The van der Waals surface area contributed by atoms with Crippen LogP contribution in [0.15, 0.2) is 23.0 Å². The van der Waals surface area contributed by atoms with Gasteiger partial charge in [0, 0.05) is 22.0 Å². The van der Waals surface area contributed by atoms with Crippen LogP contribution < -0.4 is 10.3 Å². The van der Waals surface area contributed by atoms with Gasteiger partial charge >= 0.3 is 7.60 Å². The van der Waals surface area contributed by atoms with Crippen LogP contribution in [-0.4, -0.2) is 29.8 Å². The number of ether oxygens (including phenoxy) is 1. The van der Waals surface area contributed by atoms with Gasteiger partial charge in [-0.25, -0.2) is 5.10 Å². The summed E-state index contributed by atoms with van der Waals surface area (Å²) in [4.78, 5) is 11.9. The topological polar surface area (TPSA) is 90.5 Å². The Kier molecular flexibility index (Phi) is 8.73. The molecule has 0 amide bonds. The lowest BCUT2D eigenvalue weighted by atomic mass is 10.0. The number of hydrogen-bond donors (Lipinski definition) is 1. The molecule has 0 spiro atoms. The molecule has 0 fully saturated rings. The lowest BCUT2D eigenvalue weighted by Crippen LogP contribution is -2.17. The summed E-state index contributed by atoms with van der Waals surface area (Å²) < 4.78 is 28.5. The fraction of sp³-hybridized carbons (Fsp3) is 0.474. The molecular weight excluding hydrogens is 438 g/mol. The van der Waals surface area contributed by atoms with Crippen LogP contribution in [0.25, 0.3) is 0 Å². The zero-order valence-electron chi connectivity index (χ0n) is 16.8. The molecule has 0 saturated heterocycles. The third kappa shape index (κ3) is 6.56. The molecule has 0 aliphatic carbocycles. The standard InChI is InChI=1S/C19H25Cl2N2O5P/c1-5-27-29(25,28-6-2)11-26-14-9-17(20)16(18(21)10-14)8-13-7-15(12(3)4)19(24)23-22-13/h7,9-10,12H,5-6,8,11H2,1-4H3,(H,23,24). The van der Waals surface area contributed by atoms with Gasteiger partial charge in [0.1, 0.15) is 5.75 Å². The molecule has 0 aliphatic rings. The minimum Gasteiger partial charge on any atom is -0.481 e. The molecule has 1 N–H and O–H groups in total. The highest BCUT2D eigenvalue weighted by Gasteiger charge is 2.25. The molecular formula is C19H25Cl2N2O5P. The van der Waals surface area contributed by atoms with Gasteiger partial charge in [0.15, 0.2) is 6.35 Å². The molecule has 0 aliphatic heterocycles. The Morgan fingerprint density at radius 2 is 1.69 bits per heavy atom. The highest BCUT2D eigenvalue weighted by Crippen LogP contribution is 2.48. The normalized spacial score (nSPS) is 11.8. The van der Waals surface area contributed by atoms with Crippen LogP contribution in [-0.2, 0) is 20.0 Å². The van der Waals surface area contributed by atoms with Crippen molar-refractivity contribution in [3.63, 3.8) is 0 Å². The van der Waals surface area contributed by atoms with Gasteiger partial charge in [0.2, 0.25) is 0 Å². The van der Waals surface area contributed by atoms with Crippen molar-refractivity contribution in [2.45, 2.75) is 40.0 Å². The van der Waals surface area contributed by atoms with Gasteiger partial charge < -0.3 is 13.8 Å². The predicted molar refractivity (Wildman–Crippen MR) is 115 cm³/mol. The first-order valence-electron chi connectivity index (χ1n) is 9.26. The van der Waals surface area contributed by atoms with E-state index in [0.717, 1.165) is 0 Å². The molecule has 160 valence electrons. The third-order valence-electron chi connectivity index (χ3n) is 4.02. The maximum atomic E-state index is 12.5. The number of H-pyrrole nitrogens is 1. The van der Waals surface area contributed by atoms with Crippen LogP contribution in [0.2, 0.25) is 10.0 Å². The molecule has 2 rings (SSSR count). The van der Waals surface area contributed by atoms with Gasteiger partial charge in [0.05, 0.1) is 18.9 Å². The Labute approximate surface area is 180 Å². The van der Waals surface area contributed by atoms with Crippen molar-refractivity contribution in [3.05, 3.63) is 55.4 Å². The minimum atomic E-state index is -3.35. The molecule has 0 saturated carbocycles. The number of halogens is 2. The number of aromatic nitrogens is 2. The van der Waals surface area contributed by atoms with E-state index in [9.17, 15) is 9.36 Å². The summed E-state index contributed by atoms with van der Waals surface area (Å²) in [5, 5.41) is 7.32. The van der Waals surface area contributed by atoms with E-state index in [1.165, 1.54) is 0 Å². The van der Waals surface area contributed by atoms with Gasteiger partial charge in [0.25, 0.3) is 5.56 Å². The number of nitrogens with zero attached hydrogens (tertiary/aromatic N) is 1. The van der Waals surface area contributed by atoms with Gasteiger partial charge in [-0.15, -0.1) is 0 Å². The first kappa shape index (κ1) is 23.9. The Balaban J connectivity index is 2.20. The fourth-order valence-electron chi connectivity index (χ4n) is 2.66. The zero-order chi connectivity index (χ0) is 21.6. The molecule has 0 radical (unpaired) electrons. The first-order chi connectivity index (χ1) is 13.7. The lowest BCUT2D eigenvalue weighted by molar-refractivity contribution is 0.197. The Bertz CT molecular complexity index is 915. The molecule has 29 heavy (non-hydrogen) atoms. The highest BCUT2D eigenvalue weighted by molar-refractivity contribution is 7.53. The van der Waals surface area contributed by atoms with Gasteiger partial charge in [-0.05, 0) is 43.5 Å². The molecule has 7 nitrogen and oxygen atoms in total. The van der Waals surface area contributed by atoms with E-state index in [-0.39, 0.29) is 31.0 Å². The van der Waals surface area contributed by atoms with Crippen molar-refractivity contribution in [1.82, 2.24) is 10.2 Å². The van der Waals surface area contributed by atoms with E-state index in [1.54, 1.807) is 32.0 Å². The Morgan fingerprint density at radius 1 is 1.10 bits per heavy atom. The summed E-state index contributed by atoms with van der Waals surface area (Å²) in [5.41, 5.74) is 1.72. The summed E-state index contributed by atoms with van der Waals surface area (Å²) in [7, 11) is -3.35. The molecule has 0 atom stereocenters. The smallest absolute Gasteiger partial charge is 0.367 e. The number of aromatic amines is 1. The third-order valence-corrected chi connectivity index (χ3v) is 6.44. The van der Waals surface area contributed by atoms with Crippen LogP contribution >= 0.6 is 30.8 Å². The summed E-state index contributed by atoms with van der Waals surface area (Å²) in [6.45, 7) is 7.80. The molecule has 1 aromatic carbocycles. The Hall–Kier alpha value is -1.37. The number of benzene rings is 1. The molecule has 0 unspecified atom stereocenters. The SMILES string of the molecule is CCOP(=O)(COc1cc(Cl)c(Cc2cc(C(C)C)c(=O)[nH]n2)c(Cl)c1)OCC. The van der Waals surface area contributed by atoms with E-state index in [0.29, 0.717) is 39.0 Å². The van der Waals surface area contributed by atoms with Gasteiger partial charge in [-0.2, -0.15) is 5.10 Å². The fourth-order valence-corrected chi connectivity index (χ4v) is 4.57. The van der Waals surface area contributed by atoms with Gasteiger partial charge in [-0.1, -0.05) is 37.0 Å². The first-order valence-corrected chi connectivity index (χ1v) is 11.7. The summed E-state index contributed by atoms with van der Waals surface area (Å²) in [6, 6.07) is 4.92. The second kappa shape index (κ2) is 10.6. The van der Waals surface area contributed by atoms with Gasteiger partial charge in [-0.3, -0.25) is 9.36 Å². The number of rotatable bonds is 10. The lowest BCUT2D eigenvalue weighted by Gasteiger charge is -2.18. The van der Waals surface area contributed by atoms with Crippen molar-refractivity contribution in [2.24, 2.45) is 0 Å². The molecule has 0 bridgehead atoms. The highest BCUT2D eigenvalue weighted by atomic mass is 35.5. The second-order valence-corrected chi connectivity index (χ2v) is 9.37. The van der Waals surface area contributed by atoms with Crippen LogP contribution in [0.1, 0.15) is 50.4 Å². The van der Waals surface area contributed by atoms with E-state index in [4.69, 9.17) is 37.0 Å². The van der Waals surface area contributed by atoms with E-state index in [2.05, 4.69) is 10.2 Å². The van der Waals surface area contributed by atoms with Crippen LogP contribution in [0.4, 0.5) is 0 Å². The maximum absolute atomic E-state index is 12.5. The van der Waals surface area contributed by atoms with Crippen molar-refractivity contribution in [2.75, 3.05) is 19.6 Å². The Morgan fingerprint density at radius 3 is 2.21 bits per heavy atom. The van der Waals surface area contributed by atoms with Crippen molar-refractivity contribution < 1.29 is 18.3 Å². The second-order valence-electron chi connectivity index (χ2n) is 6.56. The number of nitrogens with one attached hydrogen (secondary N) is 1. The van der Waals surface area contributed by atoms with E-state index in [1.807, 2.05) is 13.8 Å². The molecule has 2 aromatic rings. The summed E-state index contributed by atoms with van der Waals surface area (Å²) in [5.74, 6) is 0.411.